The monoisotopic (exact) mass is 395 g/mol. The van der Waals surface area contributed by atoms with Gasteiger partial charge >= 0.3 is 5.97 Å². The van der Waals surface area contributed by atoms with Crippen LogP contribution in [0.5, 0.6) is 0 Å². The van der Waals surface area contributed by atoms with Crippen molar-refractivity contribution in [3.8, 4) is 11.3 Å². The van der Waals surface area contributed by atoms with Crippen LogP contribution in [-0.4, -0.2) is 43.9 Å². The van der Waals surface area contributed by atoms with Gasteiger partial charge in [-0.25, -0.2) is 17.6 Å². The van der Waals surface area contributed by atoms with E-state index in [-0.39, 0.29) is 23.1 Å². The molecule has 7 nitrogen and oxygen atoms in total. The van der Waals surface area contributed by atoms with E-state index in [0.717, 1.165) is 0 Å². The molecule has 1 aliphatic heterocycles. The summed E-state index contributed by atoms with van der Waals surface area (Å²) in [6, 6.07) is 8.02. The zero-order valence-electron chi connectivity index (χ0n) is 14.5. The van der Waals surface area contributed by atoms with Crippen molar-refractivity contribution in [2.45, 2.75) is 25.5 Å². The minimum Gasteiger partial charge on any atom is -0.449 e. The van der Waals surface area contributed by atoms with Crippen molar-refractivity contribution in [2.75, 3.05) is 11.5 Å². The summed E-state index contributed by atoms with van der Waals surface area (Å²) in [7, 11) is -3.12. The van der Waals surface area contributed by atoms with E-state index in [4.69, 9.17) is 9.15 Å². The van der Waals surface area contributed by atoms with Gasteiger partial charge < -0.3 is 14.5 Å². The van der Waals surface area contributed by atoms with Crippen LogP contribution in [0.4, 0.5) is 4.39 Å². The zero-order chi connectivity index (χ0) is 19.6. The number of esters is 1. The molecule has 0 saturated carbocycles. The Morgan fingerprint density at radius 2 is 1.93 bits per heavy atom. The molecular formula is C18H18FNO6S. The SMILES string of the molecule is C[C@H](OC(=O)c1ccc(-c2ccc(F)cc2)o1)C(=O)N[C@@H]1CCS(=O)(=O)C1. The van der Waals surface area contributed by atoms with E-state index in [1.165, 1.54) is 43.3 Å². The van der Waals surface area contributed by atoms with Crippen LogP contribution in [-0.2, 0) is 19.4 Å². The molecule has 1 N–H and O–H groups in total. The fraction of sp³-hybridized carbons (Fsp3) is 0.333. The third kappa shape index (κ3) is 4.73. The molecule has 1 saturated heterocycles. The molecule has 1 amide bonds. The zero-order valence-corrected chi connectivity index (χ0v) is 15.3. The summed E-state index contributed by atoms with van der Waals surface area (Å²) < 4.78 is 46.3. The van der Waals surface area contributed by atoms with Crippen LogP contribution in [0.15, 0.2) is 40.8 Å². The largest absolute Gasteiger partial charge is 0.449 e. The predicted molar refractivity (Wildman–Crippen MR) is 94.2 cm³/mol. The number of rotatable bonds is 5. The van der Waals surface area contributed by atoms with Crippen LogP contribution in [0.3, 0.4) is 0 Å². The molecule has 144 valence electrons. The highest BCUT2D eigenvalue weighted by Crippen LogP contribution is 2.23. The summed E-state index contributed by atoms with van der Waals surface area (Å²) in [5, 5.41) is 2.57. The van der Waals surface area contributed by atoms with Gasteiger partial charge in [-0.15, -0.1) is 0 Å². The summed E-state index contributed by atoms with van der Waals surface area (Å²) in [4.78, 5) is 24.2. The summed E-state index contributed by atoms with van der Waals surface area (Å²) in [5.41, 5.74) is 0.587. The Morgan fingerprint density at radius 3 is 2.56 bits per heavy atom. The van der Waals surface area contributed by atoms with E-state index >= 15 is 0 Å². The van der Waals surface area contributed by atoms with Crippen LogP contribution >= 0.6 is 0 Å². The van der Waals surface area contributed by atoms with E-state index in [2.05, 4.69) is 5.32 Å². The Bertz CT molecular complexity index is 950. The highest BCUT2D eigenvalue weighted by Gasteiger charge is 2.31. The van der Waals surface area contributed by atoms with E-state index in [9.17, 15) is 22.4 Å². The maximum Gasteiger partial charge on any atom is 0.375 e. The molecule has 1 aromatic heterocycles. The van der Waals surface area contributed by atoms with Gasteiger partial charge in [0, 0.05) is 11.6 Å². The van der Waals surface area contributed by atoms with Crippen molar-refractivity contribution in [1.82, 2.24) is 5.32 Å². The van der Waals surface area contributed by atoms with Crippen molar-refractivity contribution in [1.29, 1.82) is 0 Å². The third-order valence-electron chi connectivity index (χ3n) is 4.17. The second kappa shape index (κ2) is 7.51. The van der Waals surface area contributed by atoms with Gasteiger partial charge in [0.2, 0.25) is 5.76 Å². The fourth-order valence-corrected chi connectivity index (χ4v) is 4.39. The number of amides is 1. The van der Waals surface area contributed by atoms with Gasteiger partial charge in [-0.05, 0) is 49.7 Å². The number of sulfone groups is 1. The minimum atomic E-state index is -3.12. The van der Waals surface area contributed by atoms with Crippen molar-refractivity contribution >= 4 is 21.7 Å². The molecule has 0 unspecified atom stereocenters. The number of hydrogen-bond donors (Lipinski definition) is 1. The van der Waals surface area contributed by atoms with Crippen LogP contribution in [0.25, 0.3) is 11.3 Å². The first-order valence-electron chi connectivity index (χ1n) is 8.31. The molecule has 1 aromatic carbocycles. The summed E-state index contributed by atoms with van der Waals surface area (Å²) in [6.45, 7) is 1.39. The van der Waals surface area contributed by atoms with E-state index in [0.29, 0.717) is 17.7 Å². The molecule has 2 atom stereocenters. The first-order chi connectivity index (χ1) is 12.7. The minimum absolute atomic E-state index is 0.0324. The number of nitrogens with one attached hydrogen (secondary N) is 1. The summed E-state index contributed by atoms with van der Waals surface area (Å²) >= 11 is 0. The second-order valence-corrected chi connectivity index (χ2v) is 8.56. The normalized spacial score (nSPS) is 19.4. The number of ether oxygens (including phenoxy) is 1. The highest BCUT2D eigenvalue weighted by atomic mass is 32.2. The first kappa shape index (κ1) is 19.1. The smallest absolute Gasteiger partial charge is 0.375 e. The van der Waals surface area contributed by atoms with Gasteiger partial charge in [0.25, 0.3) is 5.91 Å². The number of halogens is 1. The molecule has 0 bridgehead atoms. The number of hydrogen-bond acceptors (Lipinski definition) is 6. The molecule has 2 aromatic rings. The van der Waals surface area contributed by atoms with Crippen LogP contribution in [0.2, 0.25) is 0 Å². The Balaban J connectivity index is 1.58. The maximum atomic E-state index is 13.0. The molecule has 9 heteroatoms. The van der Waals surface area contributed by atoms with Crippen LogP contribution in [0.1, 0.15) is 23.9 Å². The average molecular weight is 395 g/mol. The molecule has 0 spiro atoms. The van der Waals surface area contributed by atoms with Crippen LogP contribution in [0, 0.1) is 5.82 Å². The van der Waals surface area contributed by atoms with Gasteiger partial charge in [0.15, 0.2) is 15.9 Å². The average Bonchev–Trinajstić information content (AvgIpc) is 3.22. The lowest BCUT2D eigenvalue weighted by atomic mass is 10.2. The predicted octanol–water partition coefficient (Wildman–Crippen LogP) is 1.93. The van der Waals surface area contributed by atoms with Crippen molar-refractivity contribution in [3.63, 3.8) is 0 Å². The standard InChI is InChI=1S/C18H18FNO6S/c1-11(17(21)20-14-8-9-27(23,24)10-14)25-18(22)16-7-6-15(26-16)12-2-4-13(19)5-3-12/h2-7,11,14H,8-10H2,1H3,(H,20,21)/t11-,14+/m0/s1. The van der Waals surface area contributed by atoms with E-state index in [1.54, 1.807) is 0 Å². The molecule has 0 radical (unpaired) electrons. The van der Waals surface area contributed by atoms with Crippen molar-refractivity contribution in [3.05, 3.63) is 48.0 Å². The van der Waals surface area contributed by atoms with Gasteiger partial charge in [0.1, 0.15) is 11.6 Å². The summed E-state index contributed by atoms with van der Waals surface area (Å²) in [5.74, 6) is -1.61. The van der Waals surface area contributed by atoms with Crippen molar-refractivity contribution in [2.24, 2.45) is 0 Å². The molecular weight excluding hydrogens is 377 g/mol. The number of carbonyl (C=O) groups excluding carboxylic acids is 2. The lowest BCUT2D eigenvalue weighted by molar-refractivity contribution is -0.129. The highest BCUT2D eigenvalue weighted by molar-refractivity contribution is 7.91. The van der Waals surface area contributed by atoms with E-state index in [1.807, 2.05) is 0 Å². The van der Waals surface area contributed by atoms with Gasteiger partial charge in [-0.1, -0.05) is 0 Å². The molecule has 27 heavy (non-hydrogen) atoms. The topological polar surface area (TPSA) is 103 Å². The molecule has 3 rings (SSSR count). The first-order valence-corrected chi connectivity index (χ1v) is 10.1. The fourth-order valence-electron chi connectivity index (χ4n) is 2.72. The third-order valence-corrected chi connectivity index (χ3v) is 5.94. The Kier molecular flexibility index (Phi) is 5.31. The molecule has 0 aliphatic carbocycles. The molecule has 1 fully saturated rings. The number of furan rings is 1. The maximum absolute atomic E-state index is 13.0. The molecule has 2 heterocycles. The van der Waals surface area contributed by atoms with Gasteiger partial charge in [-0.2, -0.15) is 0 Å². The second-order valence-electron chi connectivity index (χ2n) is 6.33. The Labute approximate surface area is 155 Å². The van der Waals surface area contributed by atoms with E-state index < -0.39 is 33.9 Å². The number of benzene rings is 1. The lowest BCUT2D eigenvalue weighted by Crippen LogP contribution is -2.42. The Hall–Kier alpha value is -2.68. The van der Waals surface area contributed by atoms with Gasteiger partial charge in [-0.3, -0.25) is 4.79 Å². The van der Waals surface area contributed by atoms with Gasteiger partial charge in [0.05, 0.1) is 11.5 Å². The van der Waals surface area contributed by atoms with Crippen molar-refractivity contribution < 1.29 is 31.6 Å². The Morgan fingerprint density at radius 1 is 1.22 bits per heavy atom. The lowest BCUT2D eigenvalue weighted by Gasteiger charge is -2.15. The summed E-state index contributed by atoms with van der Waals surface area (Å²) in [6.07, 6.45) is -0.770. The molecule has 1 aliphatic rings. The quantitative estimate of drug-likeness (QED) is 0.776. The number of carbonyl (C=O) groups is 2. The van der Waals surface area contributed by atoms with Crippen LogP contribution < -0.4 is 5.32 Å².